The van der Waals surface area contributed by atoms with E-state index < -0.39 is 0 Å². The smallest absolute Gasteiger partial charge is 0.160 e. The van der Waals surface area contributed by atoms with Gasteiger partial charge in [-0.05, 0) is 48.0 Å². The van der Waals surface area contributed by atoms with E-state index in [-0.39, 0.29) is 16.9 Å². The first-order valence-corrected chi connectivity index (χ1v) is 6.89. The Hall–Kier alpha value is -1.18. The van der Waals surface area contributed by atoms with E-state index in [1.54, 1.807) is 6.07 Å². The molecule has 98 valence electrons. The van der Waals surface area contributed by atoms with Crippen molar-refractivity contribution in [2.24, 2.45) is 16.7 Å². The SMILES string of the molecule is CC1(C)[C@H]2CC[C@]1(C)[C@@H](c1cccc(O)c1O)C2. The Labute approximate surface area is 109 Å². The van der Waals surface area contributed by atoms with E-state index >= 15 is 0 Å². The fourth-order valence-corrected chi connectivity index (χ4v) is 4.50. The van der Waals surface area contributed by atoms with Gasteiger partial charge in [0.05, 0.1) is 0 Å². The largest absolute Gasteiger partial charge is 0.504 e. The van der Waals surface area contributed by atoms with Crippen LogP contribution in [0, 0.1) is 16.7 Å². The number of para-hydroxylation sites is 1. The molecule has 0 heterocycles. The summed E-state index contributed by atoms with van der Waals surface area (Å²) in [5.41, 5.74) is 1.51. The normalized spacial score (nSPS) is 37.1. The Kier molecular flexibility index (Phi) is 2.27. The zero-order chi connectivity index (χ0) is 13.1. The van der Waals surface area contributed by atoms with E-state index in [0.717, 1.165) is 17.9 Å². The van der Waals surface area contributed by atoms with Crippen molar-refractivity contribution in [3.63, 3.8) is 0 Å². The van der Waals surface area contributed by atoms with E-state index in [0.29, 0.717) is 11.3 Å². The van der Waals surface area contributed by atoms with Crippen LogP contribution in [-0.4, -0.2) is 10.2 Å². The molecule has 0 aliphatic heterocycles. The second-order valence-electron chi connectivity index (χ2n) is 6.88. The molecule has 0 unspecified atom stereocenters. The molecule has 0 radical (unpaired) electrons. The number of phenolic OH excluding ortho intramolecular Hbond substituents is 2. The molecule has 2 heteroatoms. The molecular weight excluding hydrogens is 224 g/mol. The number of rotatable bonds is 1. The van der Waals surface area contributed by atoms with Crippen LogP contribution in [0.25, 0.3) is 0 Å². The Morgan fingerprint density at radius 2 is 1.89 bits per heavy atom. The number of aromatic hydroxyl groups is 2. The Morgan fingerprint density at radius 3 is 2.44 bits per heavy atom. The second-order valence-corrected chi connectivity index (χ2v) is 6.88. The van der Waals surface area contributed by atoms with Crippen LogP contribution in [-0.2, 0) is 0 Å². The fourth-order valence-electron chi connectivity index (χ4n) is 4.50. The van der Waals surface area contributed by atoms with Crippen LogP contribution in [0.5, 0.6) is 11.5 Å². The summed E-state index contributed by atoms with van der Waals surface area (Å²) < 4.78 is 0. The van der Waals surface area contributed by atoms with Crippen molar-refractivity contribution in [2.75, 3.05) is 0 Å². The summed E-state index contributed by atoms with van der Waals surface area (Å²) in [5, 5.41) is 19.8. The molecule has 2 saturated carbocycles. The lowest BCUT2D eigenvalue weighted by atomic mass is 9.65. The summed E-state index contributed by atoms with van der Waals surface area (Å²) in [6.07, 6.45) is 3.67. The first-order chi connectivity index (χ1) is 8.38. The minimum Gasteiger partial charge on any atom is -0.504 e. The molecule has 2 bridgehead atoms. The third-order valence-electron chi connectivity index (χ3n) is 6.22. The summed E-state index contributed by atoms with van der Waals surface area (Å²) in [6, 6.07) is 5.37. The molecule has 0 aromatic heterocycles. The van der Waals surface area contributed by atoms with Crippen molar-refractivity contribution in [2.45, 2.75) is 46.0 Å². The lowest BCUT2D eigenvalue weighted by Gasteiger charge is -2.39. The van der Waals surface area contributed by atoms with Crippen molar-refractivity contribution in [1.29, 1.82) is 0 Å². The van der Waals surface area contributed by atoms with Crippen molar-refractivity contribution < 1.29 is 10.2 Å². The van der Waals surface area contributed by atoms with Gasteiger partial charge in [-0.2, -0.15) is 0 Å². The molecule has 2 aliphatic carbocycles. The van der Waals surface area contributed by atoms with Gasteiger partial charge in [-0.25, -0.2) is 0 Å². The fraction of sp³-hybridized carbons (Fsp3) is 0.625. The molecule has 0 amide bonds. The maximum absolute atomic E-state index is 10.1. The van der Waals surface area contributed by atoms with Crippen molar-refractivity contribution in [3.05, 3.63) is 23.8 Å². The van der Waals surface area contributed by atoms with Gasteiger partial charge in [0, 0.05) is 5.56 Å². The molecule has 0 saturated heterocycles. The molecule has 0 spiro atoms. The molecule has 1 aromatic rings. The first-order valence-electron chi connectivity index (χ1n) is 6.89. The monoisotopic (exact) mass is 246 g/mol. The van der Waals surface area contributed by atoms with E-state index in [2.05, 4.69) is 20.8 Å². The van der Waals surface area contributed by atoms with E-state index in [1.807, 2.05) is 12.1 Å². The molecule has 2 nitrogen and oxygen atoms in total. The molecule has 2 N–H and O–H groups in total. The van der Waals surface area contributed by atoms with E-state index in [9.17, 15) is 10.2 Å². The molecule has 3 atom stereocenters. The minimum absolute atomic E-state index is 0.0108. The number of hydrogen-bond acceptors (Lipinski definition) is 2. The van der Waals surface area contributed by atoms with Crippen LogP contribution in [0.15, 0.2) is 18.2 Å². The zero-order valence-corrected chi connectivity index (χ0v) is 11.4. The van der Waals surface area contributed by atoms with Gasteiger partial charge in [0.25, 0.3) is 0 Å². The molecule has 2 fully saturated rings. The van der Waals surface area contributed by atoms with Crippen molar-refractivity contribution in [3.8, 4) is 11.5 Å². The lowest BCUT2D eigenvalue weighted by Crippen LogP contribution is -2.31. The summed E-state index contributed by atoms with van der Waals surface area (Å²) >= 11 is 0. The lowest BCUT2D eigenvalue weighted by molar-refractivity contribution is 0.133. The highest BCUT2D eigenvalue weighted by Gasteiger charge is 2.61. The number of benzene rings is 1. The molecule has 2 aliphatic rings. The first kappa shape index (κ1) is 11.9. The van der Waals surface area contributed by atoms with Gasteiger partial charge in [0.15, 0.2) is 11.5 Å². The highest BCUT2D eigenvalue weighted by Crippen LogP contribution is 2.71. The van der Waals surface area contributed by atoms with Gasteiger partial charge in [-0.15, -0.1) is 0 Å². The van der Waals surface area contributed by atoms with Gasteiger partial charge in [-0.1, -0.05) is 32.9 Å². The molecule has 3 rings (SSSR count). The average molecular weight is 246 g/mol. The summed E-state index contributed by atoms with van der Waals surface area (Å²) in [4.78, 5) is 0. The average Bonchev–Trinajstić information content (AvgIpc) is 2.65. The number of hydrogen-bond donors (Lipinski definition) is 2. The standard InChI is InChI=1S/C16H22O2/c1-15(2)10-7-8-16(15,3)12(9-10)11-5-4-6-13(17)14(11)18/h4-6,10,12,17-18H,7-9H2,1-3H3/t10-,12+,16+/m0/s1. The third-order valence-corrected chi connectivity index (χ3v) is 6.22. The third kappa shape index (κ3) is 1.24. The van der Waals surface area contributed by atoms with E-state index in [1.165, 1.54) is 12.8 Å². The topological polar surface area (TPSA) is 40.5 Å². The van der Waals surface area contributed by atoms with Crippen LogP contribution in [0.3, 0.4) is 0 Å². The van der Waals surface area contributed by atoms with Gasteiger partial charge >= 0.3 is 0 Å². The quantitative estimate of drug-likeness (QED) is 0.734. The van der Waals surface area contributed by atoms with Crippen molar-refractivity contribution >= 4 is 0 Å². The maximum atomic E-state index is 10.1. The van der Waals surface area contributed by atoms with Crippen LogP contribution < -0.4 is 0 Å². The Bertz CT molecular complexity index is 492. The van der Waals surface area contributed by atoms with Crippen LogP contribution in [0.4, 0.5) is 0 Å². The maximum Gasteiger partial charge on any atom is 0.160 e. The predicted molar refractivity (Wildman–Crippen MR) is 71.7 cm³/mol. The van der Waals surface area contributed by atoms with Gasteiger partial charge in [0.2, 0.25) is 0 Å². The van der Waals surface area contributed by atoms with E-state index in [4.69, 9.17) is 0 Å². The Balaban J connectivity index is 2.08. The highest BCUT2D eigenvalue weighted by atomic mass is 16.3. The summed E-state index contributed by atoms with van der Waals surface area (Å²) in [5.74, 6) is 1.22. The number of fused-ring (bicyclic) bond motifs is 2. The number of phenols is 2. The van der Waals surface area contributed by atoms with Gasteiger partial charge in [0.1, 0.15) is 0 Å². The summed E-state index contributed by atoms with van der Waals surface area (Å²) in [7, 11) is 0. The molecule has 1 aromatic carbocycles. The van der Waals surface area contributed by atoms with Gasteiger partial charge in [-0.3, -0.25) is 0 Å². The molecule has 18 heavy (non-hydrogen) atoms. The van der Waals surface area contributed by atoms with Crippen LogP contribution in [0.2, 0.25) is 0 Å². The van der Waals surface area contributed by atoms with Crippen LogP contribution >= 0.6 is 0 Å². The predicted octanol–water partition coefficient (Wildman–Crippen LogP) is 4.03. The second kappa shape index (κ2) is 3.43. The zero-order valence-electron chi connectivity index (χ0n) is 11.4. The van der Waals surface area contributed by atoms with Crippen molar-refractivity contribution in [1.82, 2.24) is 0 Å². The molecular formula is C16H22O2. The van der Waals surface area contributed by atoms with Crippen LogP contribution in [0.1, 0.15) is 51.5 Å². The Morgan fingerprint density at radius 1 is 1.17 bits per heavy atom. The minimum atomic E-state index is 0.0108. The summed E-state index contributed by atoms with van der Waals surface area (Å²) in [6.45, 7) is 7.09. The van der Waals surface area contributed by atoms with Gasteiger partial charge < -0.3 is 10.2 Å². The highest BCUT2D eigenvalue weighted by molar-refractivity contribution is 5.48.